The molecule has 0 fully saturated rings. The molecule has 190 valence electrons. The third-order valence-electron chi connectivity index (χ3n) is 6.86. The fourth-order valence-electron chi connectivity index (χ4n) is 4.93. The van der Waals surface area contributed by atoms with Gasteiger partial charge in [0.15, 0.2) is 0 Å². The predicted octanol–water partition coefficient (Wildman–Crippen LogP) is 3.37. The summed E-state index contributed by atoms with van der Waals surface area (Å²) < 4.78 is 0. The Balaban J connectivity index is 0.00000117. The second-order valence-corrected chi connectivity index (χ2v) is 8.88. The highest BCUT2D eigenvalue weighted by molar-refractivity contribution is 5.97. The van der Waals surface area contributed by atoms with Crippen molar-refractivity contribution in [3.05, 3.63) is 105 Å². The molecule has 0 saturated heterocycles. The Morgan fingerprint density at radius 2 is 1.56 bits per heavy atom. The van der Waals surface area contributed by atoms with Crippen LogP contribution in [0.25, 0.3) is 10.8 Å². The van der Waals surface area contributed by atoms with E-state index in [1.54, 1.807) is 0 Å². The number of anilines is 1. The molecule has 3 aromatic carbocycles. The zero-order valence-electron chi connectivity index (χ0n) is 21.1. The van der Waals surface area contributed by atoms with E-state index in [4.69, 9.17) is 0 Å². The maximum atomic E-state index is 12.5. The van der Waals surface area contributed by atoms with Gasteiger partial charge in [0.1, 0.15) is 0 Å². The lowest BCUT2D eigenvalue weighted by atomic mass is 9.79. The molecule has 36 heavy (non-hydrogen) atoms. The van der Waals surface area contributed by atoms with Gasteiger partial charge >= 0.3 is 0 Å². The van der Waals surface area contributed by atoms with Crippen LogP contribution < -0.4 is 22.6 Å². The summed E-state index contributed by atoms with van der Waals surface area (Å²) >= 11 is 0. The normalized spacial score (nSPS) is 16.1. The zero-order valence-corrected chi connectivity index (χ0v) is 21.1. The van der Waals surface area contributed by atoms with Crippen LogP contribution in [0.4, 0.5) is 5.69 Å². The smallest absolute Gasteiger partial charge is 0.272 e. The molecular weight excluding hydrogens is 452 g/mol. The van der Waals surface area contributed by atoms with Gasteiger partial charge in [-0.1, -0.05) is 74.0 Å². The molecule has 0 spiro atoms. The van der Waals surface area contributed by atoms with Gasteiger partial charge in [0.2, 0.25) is 0 Å². The molecule has 8 N–H and O–H groups in total. The first-order valence-electron chi connectivity index (χ1n) is 12.1. The number of aryl methyl sites for hydroxylation is 1. The summed E-state index contributed by atoms with van der Waals surface area (Å²) in [6, 6.07) is 23.4. The predicted molar refractivity (Wildman–Crippen MR) is 147 cm³/mol. The number of nitrogens with zero attached hydrogens (tertiary/aromatic N) is 2. The molecular formula is C28H36N6O2. The van der Waals surface area contributed by atoms with Gasteiger partial charge in [-0.25, -0.2) is 5.10 Å². The topological polar surface area (TPSA) is 145 Å². The average Bonchev–Trinajstić information content (AvgIpc) is 2.91. The molecule has 0 radical (unpaired) electrons. The summed E-state index contributed by atoms with van der Waals surface area (Å²) in [5.74, 6) is 7.98. The van der Waals surface area contributed by atoms with Crippen molar-refractivity contribution in [2.45, 2.75) is 39.3 Å². The van der Waals surface area contributed by atoms with Crippen molar-refractivity contribution in [3.8, 4) is 0 Å². The van der Waals surface area contributed by atoms with Crippen LogP contribution in [0.1, 0.15) is 53.8 Å². The maximum absolute atomic E-state index is 12.5. The lowest BCUT2D eigenvalue weighted by Crippen LogP contribution is -2.28. The van der Waals surface area contributed by atoms with Crippen LogP contribution >= 0.6 is 0 Å². The van der Waals surface area contributed by atoms with E-state index < -0.39 is 0 Å². The lowest BCUT2D eigenvalue weighted by molar-refractivity contribution is 0.296. The van der Waals surface area contributed by atoms with Crippen LogP contribution in [-0.2, 0) is 6.54 Å². The zero-order chi connectivity index (χ0) is 24.9. The van der Waals surface area contributed by atoms with Crippen LogP contribution in [0.2, 0.25) is 0 Å². The first kappa shape index (κ1) is 27.0. The van der Waals surface area contributed by atoms with E-state index in [1.807, 2.05) is 18.2 Å². The minimum atomic E-state index is -0.153. The Labute approximate surface area is 211 Å². The number of nitrogens with one attached hydrogen (secondary N) is 2. The largest absolute Gasteiger partial charge is 0.412 e. The van der Waals surface area contributed by atoms with Crippen LogP contribution in [0.15, 0.2) is 71.5 Å². The molecule has 0 saturated carbocycles. The number of benzene rings is 3. The molecule has 1 aliphatic rings. The summed E-state index contributed by atoms with van der Waals surface area (Å²) in [5.41, 5.74) is 6.65. The van der Waals surface area contributed by atoms with Gasteiger partial charge in [-0.05, 0) is 48.8 Å². The van der Waals surface area contributed by atoms with Crippen LogP contribution in [0.5, 0.6) is 0 Å². The van der Waals surface area contributed by atoms with E-state index in [0.29, 0.717) is 5.39 Å². The second-order valence-electron chi connectivity index (χ2n) is 8.88. The van der Waals surface area contributed by atoms with Gasteiger partial charge in [-0.15, -0.1) is 0 Å². The number of rotatable bonds is 6. The maximum Gasteiger partial charge on any atom is 0.272 e. The minimum Gasteiger partial charge on any atom is -0.412 e. The van der Waals surface area contributed by atoms with Crippen molar-refractivity contribution in [2.75, 3.05) is 18.4 Å². The van der Waals surface area contributed by atoms with Crippen molar-refractivity contribution in [3.63, 3.8) is 0 Å². The van der Waals surface area contributed by atoms with Crippen molar-refractivity contribution < 1.29 is 5.48 Å². The quantitative estimate of drug-likeness (QED) is 0.242. The van der Waals surface area contributed by atoms with E-state index in [0.717, 1.165) is 36.4 Å². The molecule has 0 amide bonds. The van der Waals surface area contributed by atoms with Gasteiger partial charge < -0.3 is 10.8 Å². The van der Waals surface area contributed by atoms with Crippen LogP contribution in [-0.4, -0.2) is 33.7 Å². The number of hydrogen-bond donors (Lipinski definition) is 4. The van der Waals surface area contributed by atoms with Crippen LogP contribution in [0.3, 0.4) is 0 Å². The van der Waals surface area contributed by atoms with Crippen molar-refractivity contribution >= 4 is 16.5 Å². The Bertz CT molecular complexity index is 1330. The highest BCUT2D eigenvalue weighted by atomic mass is 16.1. The minimum absolute atomic E-state index is 0. The lowest BCUT2D eigenvalue weighted by Gasteiger charge is -2.35. The summed E-state index contributed by atoms with van der Waals surface area (Å²) in [6.45, 7) is 9.54. The molecule has 8 nitrogen and oxygen atoms in total. The molecule has 1 aromatic heterocycles. The molecule has 0 aliphatic carbocycles. The van der Waals surface area contributed by atoms with Gasteiger partial charge in [-0.3, -0.25) is 21.4 Å². The standard InChI is InChI=1S/C28H30N4O.H4N2.H2O/c1-4-32(5-2)17-19-11-15-21(16-12-19)26-24(20-13-9-18(3)10-14-20)27-25-22(28(33)31-30-27)7-6-8-23(25)29-26;1-2;/h6-16,24,26,29H,4-5,17H2,1-3H3,(H,31,33);1-2H2;1H2. The third kappa shape index (κ3) is 5.17. The van der Waals surface area contributed by atoms with E-state index in [9.17, 15) is 4.79 Å². The van der Waals surface area contributed by atoms with E-state index in [2.05, 4.69) is 101 Å². The van der Waals surface area contributed by atoms with Gasteiger partial charge in [-0.2, -0.15) is 5.10 Å². The van der Waals surface area contributed by atoms with Gasteiger partial charge in [0, 0.05) is 17.6 Å². The number of aromatic amines is 1. The summed E-state index contributed by atoms with van der Waals surface area (Å²) in [4.78, 5) is 14.9. The Morgan fingerprint density at radius 3 is 2.19 bits per heavy atom. The van der Waals surface area contributed by atoms with Gasteiger partial charge in [0.25, 0.3) is 5.56 Å². The van der Waals surface area contributed by atoms with E-state index in [1.165, 1.54) is 22.3 Å². The highest BCUT2D eigenvalue weighted by Gasteiger charge is 2.34. The van der Waals surface area contributed by atoms with E-state index in [-0.39, 0.29) is 23.0 Å². The highest BCUT2D eigenvalue weighted by Crippen LogP contribution is 2.46. The van der Waals surface area contributed by atoms with Gasteiger partial charge in [0.05, 0.1) is 23.0 Å². The second kappa shape index (κ2) is 11.9. The number of hydrogen-bond acceptors (Lipinski definition) is 6. The molecule has 0 bridgehead atoms. The molecule has 8 heteroatoms. The fourth-order valence-corrected chi connectivity index (χ4v) is 4.93. The number of nitrogens with two attached hydrogens (primary N) is 2. The number of H-pyrrole nitrogens is 1. The monoisotopic (exact) mass is 488 g/mol. The Morgan fingerprint density at radius 1 is 0.917 bits per heavy atom. The SMILES string of the molecule is CCN(CC)Cc1ccc(C2Nc3cccc4c(=O)[nH]nc(c34)C2c2ccc(C)cc2)cc1.NN.O. The average molecular weight is 489 g/mol. The van der Waals surface area contributed by atoms with E-state index >= 15 is 0 Å². The summed E-state index contributed by atoms with van der Waals surface area (Å²) in [5, 5.41) is 12.7. The Hall–Kier alpha value is -3.56. The van der Waals surface area contributed by atoms with Crippen molar-refractivity contribution in [1.82, 2.24) is 15.1 Å². The molecule has 2 unspecified atom stereocenters. The van der Waals surface area contributed by atoms with Crippen molar-refractivity contribution in [1.29, 1.82) is 0 Å². The first-order valence-corrected chi connectivity index (χ1v) is 12.1. The van der Waals surface area contributed by atoms with Crippen molar-refractivity contribution in [2.24, 2.45) is 11.7 Å². The van der Waals surface area contributed by atoms with Crippen LogP contribution in [0, 0.1) is 6.92 Å². The molecule has 2 heterocycles. The molecule has 5 rings (SSSR count). The summed E-state index contributed by atoms with van der Waals surface area (Å²) in [7, 11) is 0. The Kier molecular flexibility index (Phi) is 8.95. The first-order chi connectivity index (χ1) is 17.1. The molecule has 2 atom stereocenters. The third-order valence-corrected chi connectivity index (χ3v) is 6.86. The fraction of sp³-hybridized carbons (Fsp3) is 0.286. The molecule has 4 aromatic rings. The number of hydrazine groups is 1. The summed E-state index contributed by atoms with van der Waals surface area (Å²) in [6.07, 6.45) is 0. The number of aromatic nitrogens is 2. The molecule has 1 aliphatic heterocycles.